The van der Waals surface area contributed by atoms with Gasteiger partial charge < -0.3 is 5.32 Å². The lowest BCUT2D eigenvalue weighted by atomic mass is 10.1. The van der Waals surface area contributed by atoms with E-state index in [1.807, 2.05) is 7.05 Å². The molecule has 0 saturated carbocycles. The van der Waals surface area contributed by atoms with Crippen LogP contribution in [0.2, 0.25) is 0 Å². The number of rotatable bonds is 7. The van der Waals surface area contributed by atoms with Crippen LogP contribution in [0.15, 0.2) is 47.4 Å². The van der Waals surface area contributed by atoms with E-state index in [2.05, 4.69) is 59.4 Å². The van der Waals surface area contributed by atoms with Gasteiger partial charge in [-0.1, -0.05) is 43.3 Å². The largest absolute Gasteiger partial charge is 0.320 e. The zero-order valence-electron chi connectivity index (χ0n) is 11.6. The molecule has 0 fully saturated rings. The summed E-state index contributed by atoms with van der Waals surface area (Å²) in [6, 6.07) is 15.0. The summed E-state index contributed by atoms with van der Waals surface area (Å²) in [5.41, 5.74) is 0. The quantitative estimate of drug-likeness (QED) is 0.753. The summed E-state index contributed by atoms with van der Waals surface area (Å²) >= 11 is 1.74. The normalized spacial score (nSPS) is 12.7. The van der Waals surface area contributed by atoms with Crippen LogP contribution >= 0.6 is 11.9 Å². The maximum absolute atomic E-state index is 3.49. The molecule has 0 aliphatic heterocycles. The Bertz CT molecular complexity index is 508. The maximum Gasteiger partial charge on any atom is 0.0306 e. The van der Waals surface area contributed by atoms with Crippen LogP contribution in [0.4, 0.5) is 0 Å². The van der Waals surface area contributed by atoms with Gasteiger partial charge in [-0.15, -0.1) is 0 Å². The number of nitrogens with one attached hydrogen (secondary N) is 2. The number of hydrogen-bond acceptors (Lipinski definition) is 3. The molecule has 0 aliphatic rings. The molecule has 3 heteroatoms. The van der Waals surface area contributed by atoms with Crippen molar-refractivity contribution < 1.29 is 0 Å². The highest BCUT2D eigenvalue weighted by Crippen LogP contribution is 2.25. The number of hydrogen-bond donors (Lipinski definition) is 2. The van der Waals surface area contributed by atoms with E-state index in [9.17, 15) is 0 Å². The molecule has 1 atom stereocenters. The molecule has 102 valence electrons. The maximum atomic E-state index is 3.49. The average molecular weight is 274 g/mol. The second-order valence-electron chi connectivity index (χ2n) is 4.93. The Morgan fingerprint density at radius 1 is 1.11 bits per heavy atom. The topological polar surface area (TPSA) is 24.1 Å². The molecule has 2 rings (SSSR count). The first-order valence-corrected chi connectivity index (χ1v) is 7.65. The molecule has 0 heterocycles. The van der Waals surface area contributed by atoms with E-state index >= 15 is 0 Å². The van der Waals surface area contributed by atoms with Crippen LogP contribution in [0.5, 0.6) is 0 Å². The van der Waals surface area contributed by atoms with Crippen molar-refractivity contribution in [3.63, 3.8) is 0 Å². The minimum Gasteiger partial charge on any atom is -0.320 e. The Morgan fingerprint density at radius 2 is 1.89 bits per heavy atom. The van der Waals surface area contributed by atoms with Gasteiger partial charge in [-0.2, -0.15) is 0 Å². The van der Waals surface area contributed by atoms with Crippen LogP contribution in [0, 0.1) is 5.92 Å². The lowest BCUT2D eigenvalue weighted by molar-refractivity contribution is 0.515. The number of fused-ring (bicyclic) bond motifs is 1. The van der Waals surface area contributed by atoms with E-state index < -0.39 is 0 Å². The Labute approximate surface area is 120 Å². The molecular formula is C16H22N2S. The van der Waals surface area contributed by atoms with Gasteiger partial charge in [-0.3, -0.25) is 4.72 Å². The van der Waals surface area contributed by atoms with Gasteiger partial charge in [0.2, 0.25) is 0 Å². The molecule has 0 bridgehead atoms. The third kappa shape index (κ3) is 4.23. The molecule has 2 aromatic rings. The van der Waals surface area contributed by atoms with Gasteiger partial charge in [0, 0.05) is 11.4 Å². The van der Waals surface area contributed by atoms with Gasteiger partial charge in [-0.25, -0.2) is 0 Å². The first-order chi connectivity index (χ1) is 9.31. The summed E-state index contributed by atoms with van der Waals surface area (Å²) in [6.07, 6.45) is 1.21. The first-order valence-electron chi connectivity index (χ1n) is 6.83. The Hall–Kier alpha value is -1.03. The van der Waals surface area contributed by atoms with Crippen molar-refractivity contribution in [2.75, 3.05) is 20.1 Å². The summed E-state index contributed by atoms with van der Waals surface area (Å²) in [5.74, 6) is 0.690. The molecular weight excluding hydrogens is 252 g/mol. The molecule has 0 radical (unpaired) electrons. The van der Waals surface area contributed by atoms with Crippen molar-refractivity contribution in [2.24, 2.45) is 5.92 Å². The predicted octanol–water partition coefficient (Wildman–Crippen LogP) is 3.68. The monoisotopic (exact) mass is 274 g/mol. The zero-order chi connectivity index (χ0) is 13.5. The van der Waals surface area contributed by atoms with Gasteiger partial charge in [0.15, 0.2) is 0 Å². The minimum absolute atomic E-state index is 0.690. The van der Waals surface area contributed by atoms with Crippen LogP contribution in [-0.4, -0.2) is 20.1 Å². The average Bonchev–Trinajstić information content (AvgIpc) is 2.45. The molecule has 0 saturated heterocycles. The molecule has 0 aliphatic carbocycles. The number of benzene rings is 2. The summed E-state index contributed by atoms with van der Waals surface area (Å²) in [6.45, 7) is 4.41. The Balaban J connectivity index is 1.91. The summed E-state index contributed by atoms with van der Waals surface area (Å²) in [7, 11) is 2.00. The van der Waals surface area contributed by atoms with Gasteiger partial charge >= 0.3 is 0 Å². The highest BCUT2D eigenvalue weighted by Gasteiger charge is 2.03. The van der Waals surface area contributed by atoms with Gasteiger partial charge in [0.1, 0.15) is 0 Å². The highest BCUT2D eigenvalue weighted by molar-refractivity contribution is 7.97. The van der Waals surface area contributed by atoms with Crippen LogP contribution in [-0.2, 0) is 0 Å². The van der Waals surface area contributed by atoms with Gasteiger partial charge in [0.25, 0.3) is 0 Å². The van der Waals surface area contributed by atoms with Crippen molar-refractivity contribution in [1.82, 2.24) is 10.0 Å². The standard InChI is InChI=1S/C16H22N2S/c1-13(10-11-17-2)12-18-19-16-9-5-7-14-6-3-4-8-15(14)16/h3-9,13,17-18H,10-12H2,1-2H3. The van der Waals surface area contributed by atoms with Crippen LogP contribution in [0.25, 0.3) is 10.8 Å². The van der Waals surface area contributed by atoms with Crippen molar-refractivity contribution in [2.45, 2.75) is 18.2 Å². The Kier molecular flexibility index (Phi) is 5.70. The SMILES string of the molecule is CNCCC(C)CNSc1cccc2ccccc12. The van der Waals surface area contributed by atoms with E-state index in [1.54, 1.807) is 11.9 Å². The molecule has 1 unspecified atom stereocenters. The van der Waals surface area contributed by atoms with Crippen molar-refractivity contribution in [1.29, 1.82) is 0 Å². The van der Waals surface area contributed by atoms with E-state index in [0.717, 1.165) is 13.1 Å². The summed E-state index contributed by atoms with van der Waals surface area (Å²) in [5, 5.41) is 5.82. The third-order valence-corrected chi connectivity index (χ3v) is 4.14. The van der Waals surface area contributed by atoms with Crippen LogP contribution in [0.1, 0.15) is 13.3 Å². The van der Waals surface area contributed by atoms with Crippen molar-refractivity contribution in [3.8, 4) is 0 Å². The van der Waals surface area contributed by atoms with Crippen molar-refractivity contribution >= 4 is 22.7 Å². The molecule has 2 aromatic carbocycles. The highest BCUT2D eigenvalue weighted by atomic mass is 32.2. The van der Waals surface area contributed by atoms with E-state index in [-0.39, 0.29) is 0 Å². The first kappa shape index (κ1) is 14.4. The van der Waals surface area contributed by atoms with E-state index in [0.29, 0.717) is 5.92 Å². The fourth-order valence-electron chi connectivity index (χ4n) is 2.04. The van der Waals surface area contributed by atoms with E-state index in [4.69, 9.17) is 0 Å². The van der Waals surface area contributed by atoms with Crippen molar-refractivity contribution in [3.05, 3.63) is 42.5 Å². The zero-order valence-corrected chi connectivity index (χ0v) is 12.5. The van der Waals surface area contributed by atoms with Crippen LogP contribution in [0.3, 0.4) is 0 Å². The molecule has 2 nitrogen and oxygen atoms in total. The molecule has 0 spiro atoms. The van der Waals surface area contributed by atoms with E-state index in [1.165, 1.54) is 22.1 Å². The second kappa shape index (κ2) is 7.53. The van der Waals surface area contributed by atoms with Gasteiger partial charge in [-0.05, 0) is 54.7 Å². The van der Waals surface area contributed by atoms with Crippen LogP contribution < -0.4 is 10.0 Å². The second-order valence-corrected chi connectivity index (χ2v) is 5.86. The summed E-state index contributed by atoms with van der Waals surface area (Å²) < 4.78 is 3.49. The molecule has 0 amide bonds. The molecule has 0 aromatic heterocycles. The molecule has 19 heavy (non-hydrogen) atoms. The Morgan fingerprint density at radius 3 is 2.74 bits per heavy atom. The minimum atomic E-state index is 0.690. The fourth-order valence-corrected chi connectivity index (χ4v) is 3.00. The molecule has 2 N–H and O–H groups in total. The lowest BCUT2D eigenvalue weighted by Gasteiger charge is -2.12. The van der Waals surface area contributed by atoms with Gasteiger partial charge in [0.05, 0.1) is 0 Å². The summed E-state index contributed by atoms with van der Waals surface area (Å²) in [4.78, 5) is 1.30. The predicted molar refractivity (Wildman–Crippen MR) is 85.5 cm³/mol. The fraction of sp³-hybridized carbons (Fsp3) is 0.375. The smallest absolute Gasteiger partial charge is 0.0306 e. The third-order valence-electron chi connectivity index (χ3n) is 3.25. The lowest BCUT2D eigenvalue weighted by Crippen LogP contribution is -2.19.